The number of rotatable bonds is 1. The number of aryl methyl sites for hydroxylation is 1. The van der Waals surface area contributed by atoms with E-state index in [1.165, 1.54) is 16.5 Å². The molecule has 92 valence electrons. The number of hydrogen-bond acceptors (Lipinski definition) is 2. The second-order valence-corrected chi connectivity index (χ2v) is 4.84. The fraction of sp³-hybridized carbons (Fsp3) is 0.357. The summed E-state index contributed by atoms with van der Waals surface area (Å²) in [5.74, 6) is 0. The maximum atomic E-state index is 9.60. The molecule has 1 aromatic heterocycles. The third-order valence-electron chi connectivity index (χ3n) is 2.20. The third-order valence-corrected chi connectivity index (χ3v) is 2.20. The monoisotopic (exact) mass is 233 g/mol. The first-order chi connectivity index (χ1) is 7.94. The molecule has 0 unspecified atom stereocenters. The summed E-state index contributed by atoms with van der Waals surface area (Å²) in [4.78, 5) is 12.8. The molecule has 0 fully saturated rings. The molecule has 1 N–H and O–H groups in total. The molecule has 2 rings (SSSR count). The van der Waals surface area contributed by atoms with Gasteiger partial charge in [0.25, 0.3) is 6.47 Å². The van der Waals surface area contributed by atoms with Crippen LogP contribution in [0.15, 0.2) is 30.5 Å². The standard InChI is InChI=1S/C9H9N.C5H10O2/c1-7-6-10-9-5-3-2-4-8(7)9;1-5(2,3)7-4-6/h2-6,10H,1H3;4H,1-3H3. The van der Waals surface area contributed by atoms with Crippen molar-refractivity contribution in [3.05, 3.63) is 36.0 Å². The molecular weight excluding hydrogens is 214 g/mol. The van der Waals surface area contributed by atoms with Crippen LogP contribution in [0.3, 0.4) is 0 Å². The van der Waals surface area contributed by atoms with Crippen molar-refractivity contribution >= 4 is 17.4 Å². The van der Waals surface area contributed by atoms with Gasteiger partial charge in [0.2, 0.25) is 0 Å². The number of benzene rings is 1. The predicted molar refractivity (Wildman–Crippen MR) is 69.9 cm³/mol. The van der Waals surface area contributed by atoms with Crippen molar-refractivity contribution in [2.45, 2.75) is 33.3 Å². The van der Waals surface area contributed by atoms with Gasteiger partial charge in [0, 0.05) is 17.1 Å². The first kappa shape index (κ1) is 13.3. The van der Waals surface area contributed by atoms with E-state index >= 15 is 0 Å². The highest BCUT2D eigenvalue weighted by molar-refractivity contribution is 5.82. The molecule has 0 aliphatic rings. The van der Waals surface area contributed by atoms with Gasteiger partial charge in [-0.15, -0.1) is 0 Å². The fourth-order valence-electron chi connectivity index (χ4n) is 1.36. The lowest BCUT2D eigenvalue weighted by atomic mass is 10.2. The minimum atomic E-state index is -0.318. The quantitative estimate of drug-likeness (QED) is 0.767. The van der Waals surface area contributed by atoms with Crippen LogP contribution >= 0.6 is 0 Å². The normalized spacial score (nSPS) is 10.6. The molecule has 1 heterocycles. The Morgan fingerprint density at radius 1 is 1.24 bits per heavy atom. The Morgan fingerprint density at radius 2 is 1.88 bits per heavy atom. The van der Waals surface area contributed by atoms with Crippen molar-refractivity contribution in [3.63, 3.8) is 0 Å². The summed E-state index contributed by atoms with van der Waals surface area (Å²) in [7, 11) is 0. The van der Waals surface area contributed by atoms with Gasteiger partial charge in [-0.1, -0.05) is 18.2 Å². The van der Waals surface area contributed by atoms with E-state index in [1.807, 2.05) is 33.0 Å². The Balaban J connectivity index is 0.000000185. The average Bonchev–Trinajstić information content (AvgIpc) is 2.61. The average molecular weight is 233 g/mol. The molecule has 0 saturated carbocycles. The summed E-state index contributed by atoms with van der Waals surface area (Å²) >= 11 is 0. The Morgan fingerprint density at radius 3 is 2.35 bits per heavy atom. The van der Waals surface area contributed by atoms with Crippen LogP contribution in [0.4, 0.5) is 0 Å². The molecule has 0 spiro atoms. The molecule has 3 nitrogen and oxygen atoms in total. The van der Waals surface area contributed by atoms with Crippen LogP contribution < -0.4 is 0 Å². The summed E-state index contributed by atoms with van der Waals surface area (Å²) in [6.45, 7) is 8.03. The molecule has 0 aliphatic carbocycles. The third kappa shape index (κ3) is 4.31. The van der Waals surface area contributed by atoms with Crippen LogP contribution in [0, 0.1) is 6.92 Å². The highest BCUT2D eigenvalue weighted by atomic mass is 16.5. The zero-order chi connectivity index (χ0) is 12.9. The summed E-state index contributed by atoms with van der Waals surface area (Å²) in [6.07, 6.45) is 2.03. The van der Waals surface area contributed by atoms with E-state index in [-0.39, 0.29) is 5.60 Å². The number of hydrogen-bond donors (Lipinski definition) is 1. The molecule has 0 aliphatic heterocycles. The molecule has 2 aromatic rings. The molecule has 0 saturated heterocycles. The first-order valence-corrected chi connectivity index (χ1v) is 5.58. The molecule has 17 heavy (non-hydrogen) atoms. The number of ether oxygens (including phenoxy) is 1. The van der Waals surface area contributed by atoms with Crippen LogP contribution in [0.2, 0.25) is 0 Å². The highest BCUT2D eigenvalue weighted by Crippen LogP contribution is 2.15. The van der Waals surface area contributed by atoms with Crippen LogP contribution in [0.1, 0.15) is 26.3 Å². The van der Waals surface area contributed by atoms with E-state index in [2.05, 4.69) is 34.8 Å². The Hall–Kier alpha value is -1.77. The van der Waals surface area contributed by atoms with Crippen molar-refractivity contribution < 1.29 is 9.53 Å². The van der Waals surface area contributed by atoms with Gasteiger partial charge in [0.15, 0.2) is 0 Å². The second-order valence-electron chi connectivity index (χ2n) is 4.84. The van der Waals surface area contributed by atoms with Crippen molar-refractivity contribution in [1.29, 1.82) is 0 Å². The number of nitrogens with one attached hydrogen (secondary N) is 1. The smallest absolute Gasteiger partial charge is 0.293 e. The zero-order valence-electron chi connectivity index (χ0n) is 10.8. The fourth-order valence-corrected chi connectivity index (χ4v) is 1.36. The predicted octanol–water partition coefficient (Wildman–Crippen LogP) is 3.43. The molecule has 0 bridgehead atoms. The number of aromatic amines is 1. The van der Waals surface area contributed by atoms with Gasteiger partial charge in [0.05, 0.1) is 0 Å². The van der Waals surface area contributed by atoms with Crippen LogP contribution in [0.25, 0.3) is 10.9 Å². The molecule has 0 radical (unpaired) electrons. The number of carbonyl (C=O) groups is 1. The Kier molecular flexibility index (Phi) is 4.32. The minimum absolute atomic E-state index is 0.318. The van der Waals surface area contributed by atoms with Crippen LogP contribution in [-0.2, 0) is 9.53 Å². The van der Waals surface area contributed by atoms with E-state index in [0.29, 0.717) is 6.47 Å². The van der Waals surface area contributed by atoms with E-state index in [1.54, 1.807) is 0 Å². The number of fused-ring (bicyclic) bond motifs is 1. The van der Waals surface area contributed by atoms with Gasteiger partial charge in [-0.3, -0.25) is 4.79 Å². The molecular formula is C14H19NO2. The van der Waals surface area contributed by atoms with Gasteiger partial charge in [-0.2, -0.15) is 0 Å². The van der Waals surface area contributed by atoms with Crippen LogP contribution in [0.5, 0.6) is 0 Å². The van der Waals surface area contributed by atoms with Crippen molar-refractivity contribution in [1.82, 2.24) is 4.98 Å². The van der Waals surface area contributed by atoms with Crippen molar-refractivity contribution in [2.75, 3.05) is 0 Å². The summed E-state index contributed by atoms with van der Waals surface area (Å²) in [5, 5.41) is 1.32. The molecule has 1 aromatic carbocycles. The van der Waals surface area contributed by atoms with Crippen molar-refractivity contribution in [3.8, 4) is 0 Å². The summed E-state index contributed by atoms with van der Waals surface area (Å²) in [6, 6.07) is 8.31. The Labute approximate surface area is 102 Å². The minimum Gasteiger partial charge on any atom is -0.462 e. The second kappa shape index (κ2) is 5.53. The Bertz CT molecular complexity index is 480. The molecule has 0 atom stereocenters. The maximum Gasteiger partial charge on any atom is 0.293 e. The van der Waals surface area contributed by atoms with Crippen LogP contribution in [-0.4, -0.2) is 17.1 Å². The zero-order valence-corrected chi connectivity index (χ0v) is 10.8. The van der Waals surface area contributed by atoms with Crippen molar-refractivity contribution in [2.24, 2.45) is 0 Å². The van der Waals surface area contributed by atoms with E-state index in [0.717, 1.165) is 0 Å². The van der Waals surface area contributed by atoms with Gasteiger partial charge in [0.1, 0.15) is 5.60 Å². The largest absolute Gasteiger partial charge is 0.462 e. The lowest BCUT2D eigenvalue weighted by Crippen LogP contribution is -2.17. The van der Waals surface area contributed by atoms with E-state index < -0.39 is 0 Å². The lowest BCUT2D eigenvalue weighted by Gasteiger charge is -2.14. The van der Waals surface area contributed by atoms with Gasteiger partial charge in [-0.05, 0) is 39.3 Å². The van der Waals surface area contributed by atoms with Gasteiger partial charge >= 0.3 is 0 Å². The highest BCUT2D eigenvalue weighted by Gasteiger charge is 2.07. The number of aromatic nitrogens is 1. The molecule has 3 heteroatoms. The van der Waals surface area contributed by atoms with Gasteiger partial charge < -0.3 is 9.72 Å². The van der Waals surface area contributed by atoms with Gasteiger partial charge in [-0.25, -0.2) is 0 Å². The molecule has 0 amide bonds. The lowest BCUT2D eigenvalue weighted by molar-refractivity contribution is -0.138. The summed E-state index contributed by atoms with van der Waals surface area (Å²) < 4.78 is 4.55. The number of H-pyrrole nitrogens is 1. The SMILES string of the molecule is CC(C)(C)OC=O.Cc1c[nH]c2ccccc12. The number of para-hydroxylation sites is 1. The maximum absolute atomic E-state index is 9.60. The van der Waals surface area contributed by atoms with E-state index in [4.69, 9.17) is 0 Å². The van der Waals surface area contributed by atoms with E-state index in [9.17, 15) is 4.79 Å². The summed E-state index contributed by atoms with van der Waals surface area (Å²) in [5.41, 5.74) is 2.22. The topological polar surface area (TPSA) is 42.1 Å². The first-order valence-electron chi connectivity index (χ1n) is 5.58. The number of carbonyl (C=O) groups excluding carboxylic acids is 1.